The fourth-order valence-electron chi connectivity index (χ4n) is 0.253. The summed E-state index contributed by atoms with van der Waals surface area (Å²) < 4.78 is 4.17. The number of aliphatic carboxylic acids is 2. The van der Waals surface area contributed by atoms with Crippen LogP contribution in [-0.2, 0) is 19.1 Å². The number of carbonyl (C=O) groups excluding carboxylic acids is 3. The van der Waals surface area contributed by atoms with Crippen LogP contribution in [-0.4, -0.2) is 17.9 Å². The maximum Gasteiger partial charge on any atom is 0.307 e. The van der Waals surface area contributed by atoms with E-state index < -0.39 is 11.9 Å². The van der Waals surface area contributed by atoms with Crippen LogP contribution in [0.5, 0.6) is 0 Å². The van der Waals surface area contributed by atoms with Crippen molar-refractivity contribution in [3.8, 4) is 0 Å². The Balaban J connectivity index is -0.0000000825. The first-order valence-corrected chi connectivity index (χ1v) is 3.28. The van der Waals surface area contributed by atoms with Crippen LogP contribution in [0.3, 0.4) is 0 Å². The molecule has 8 heteroatoms. The third-order valence-corrected chi connectivity index (χ3v) is 0.605. The van der Waals surface area contributed by atoms with Gasteiger partial charge < -0.3 is 36.8 Å². The van der Waals surface area contributed by atoms with E-state index in [1.165, 1.54) is 6.92 Å². The van der Waals surface area contributed by atoms with Crippen LogP contribution in [0.25, 0.3) is 0 Å². The second-order valence-corrected chi connectivity index (χ2v) is 1.75. The van der Waals surface area contributed by atoms with Gasteiger partial charge in [-0.25, -0.2) is 0 Å². The molecule has 0 bridgehead atoms. The number of esters is 1. The Morgan fingerprint density at radius 3 is 1.44 bits per heavy atom. The van der Waals surface area contributed by atoms with Crippen LogP contribution in [0.2, 0.25) is 0 Å². The van der Waals surface area contributed by atoms with Gasteiger partial charge in [-0.1, -0.05) is 6.58 Å². The van der Waals surface area contributed by atoms with E-state index in [9.17, 15) is 24.6 Å². The number of rotatable bonds is 3. The molecule has 0 aliphatic carbocycles. The highest BCUT2D eigenvalue weighted by molar-refractivity contribution is 5.87. The fraction of sp³-hybridized carbons (Fsp3) is 0.125. The highest BCUT2D eigenvalue weighted by Gasteiger charge is 1.79. The van der Waals surface area contributed by atoms with Crippen LogP contribution in [0, 0.1) is 0 Å². The summed E-state index contributed by atoms with van der Waals surface area (Å²) in [5, 5.41) is 18.8. The van der Waals surface area contributed by atoms with Gasteiger partial charge >= 0.3 is 5.97 Å². The zero-order valence-corrected chi connectivity index (χ0v) is 9.39. The van der Waals surface area contributed by atoms with Crippen molar-refractivity contribution in [2.24, 2.45) is 0 Å². The molecule has 8 N–H and O–H groups in total. The molecule has 0 fully saturated rings. The molecule has 0 radical (unpaired) electrons. The number of carbonyl (C=O) groups is 3. The van der Waals surface area contributed by atoms with Crippen molar-refractivity contribution in [1.29, 1.82) is 0 Å². The summed E-state index contributed by atoms with van der Waals surface area (Å²) in [6, 6.07) is 0. The van der Waals surface area contributed by atoms with Gasteiger partial charge in [-0.2, -0.15) is 0 Å². The third-order valence-electron chi connectivity index (χ3n) is 0.605. The van der Waals surface area contributed by atoms with Gasteiger partial charge in [0.1, 0.15) is 0 Å². The highest BCUT2D eigenvalue weighted by atomic mass is 16.5. The topological polar surface area (TPSA) is 180 Å². The molecule has 0 aliphatic rings. The maximum absolute atomic E-state index is 9.75. The fourth-order valence-corrected chi connectivity index (χ4v) is 0.253. The normalized spacial score (nSPS) is 7.31. The Kier molecular flexibility index (Phi) is 22.5. The molecule has 0 aromatic rings. The van der Waals surface area contributed by atoms with Gasteiger partial charge in [0.25, 0.3) is 0 Å². The molecule has 16 heavy (non-hydrogen) atoms. The quantitative estimate of drug-likeness (QED) is 0.341. The lowest BCUT2D eigenvalue weighted by Gasteiger charge is -1.90. The van der Waals surface area contributed by atoms with E-state index in [2.05, 4.69) is 11.3 Å². The minimum Gasteiger partial charge on any atom is -0.545 e. The SMILES string of the molecule is C=COC(C)=O.O=C([O-])C=CC(=O)[O-].[NH4+].[NH4+]. The predicted octanol–water partition coefficient (Wildman–Crippen LogP) is -1.51. The van der Waals surface area contributed by atoms with Crippen molar-refractivity contribution >= 4 is 17.9 Å². The molecule has 0 aromatic carbocycles. The van der Waals surface area contributed by atoms with Gasteiger partial charge in [0, 0.05) is 6.92 Å². The molecule has 0 atom stereocenters. The van der Waals surface area contributed by atoms with Crippen molar-refractivity contribution in [2.75, 3.05) is 0 Å². The van der Waals surface area contributed by atoms with E-state index in [1.807, 2.05) is 0 Å². The van der Waals surface area contributed by atoms with E-state index in [-0.39, 0.29) is 18.3 Å². The lowest BCUT2D eigenvalue weighted by Crippen LogP contribution is -2.23. The number of carboxylic acid groups (broad SMARTS) is 2. The molecule has 0 heterocycles. The predicted molar refractivity (Wildman–Crippen MR) is 53.1 cm³/mol. The summed E-state index contributed by atoms with van der Waals surface area (Å²) in [5.41, 5.74) is 0. The minimum absolute atomic E-state index is 0. The number of hydrogen-bond acceptors (Lipinski definition) is 6. The van der Waals surface area contributed by atoms with Crippen LogP contribution in [0.15, 0.2) is 25.0 Å². The lowest BCUT2D eigenvalue weighted by atomic mass is 10.5. The van der Waals surface area contributed by atoms with E-state index in [0.29, 0.717) is 12.2 Å². The number of ether oxygens (including phenoxy) is 1. The van der Waals surface area contributed by atoms with E-state index in [1.54, 1.807) is 0 Å². The smallest absolute Gasteiger partial charge is 0.307 e. The average molecular weight is 236 g/mol. The molecular weight excluding hydrogens is 220 g/mol. The zero-order chi connectivity index (χ0) is 11.6. The van der Waals surface area contributed by atoms with E-state index in [0.717, 1.165) is 6.26 Å². The van der Waals surface area contributed by atoms with Gasteiger partial charge in [0.05, 0.1) is 18.2 Å². The Morgan fingerprint density at radius 1 is 1.06 bits per heavy atom. The second-order valence-electron chi connectivity index (χ2n) is 1.75. The number of hydrogen-bond donors (Lipinski definition) is 2. The van der Waals surface area contributed by atoms with Crippen molar-refractivity contribution < 1.29 is 29.3 Å². The lowest BCUT2D eigenvalue weighted by molar-refractivity contribution is -0.301. The van der Waals surface area contributed by atoms with Gasteiger partial charge in [0.15, 0.2) is 0 Å². The van der Waals surface area contributed by atoms with Crippen molar-refractivity contribution in [2.45, 2.75) is 6.92 Å². The average Bonchev–Trinajstić information content (AvgIpc) is 2.01. The Morgan fingerprint density at radius 2 is 1.38 bits per heavy atom. The Labute approximate surface area is 92.4 Å². The molecule has 0 aliphatic heterocycles. The van der Waals surface area contributed by atoms with E-state index >= 15 is 0 Å². The summed E-state index contributed by atoms with van der Waals surface area (Å²) in [7, 11) is 0. The summed E-state index contributed by atoms with van der Waals surface area (Å²) in [4.78, 5) is 28.6. The summed E-state index contributed by atoms with van der Waals surface area (Å²) >= 11 is 0. The number of carboxylic acids is 2. The van der Waals surface area contributed by atoms with Gasteiger partial charge in [-0.3, -0.25) is 4.79 Å². The van der Waals surface area contributed by atoms with E-state index in [4.69, 9.17) is 0 Å². The van der Waals surface area contributed by atoms with Gasteiger partial charge in [-0.15, -0.1) is 0 Å². The maximum atomic E-state index is 9.75. The molecule has 0 spiro atoms. The molecule has 0 aromatic heterocycles. The van der Waals surface area contributed by atoms with Gasteiger partial charge in [0.2, 0.25) is 0 Å². The Hall–Kier alpha value is -2.19. The third kappa shape index (κ3) is 40.9. The first-order valence-electron chi connectivity index (χ1n) is 3.28. The monoisotopic (exact) mass is 236 g/mol. The summed E-state index contributed by atoms with van der Waals surface area (Å²) in [5.74, 6) is -3.42. The molecule has 8 nitrogen and oxygen atoms in total. The Bertz CT molecular complexity index is 245. The minimum atomic E-state index is -1.55. The zero-order valence-electron chi connectivity index (χ0n) is 9.39. The molecule has 0 saturated carbocycles. The first kappa shape index (κ1) is 23.5. The molecular formula is C8H16N2O6. The van der Waals surface area contributed by atoms with Crippen LogP contribution in [0.4, 0.5) is 0 Å². The second kappa shape index (κ2) is 15.3. The van der Waals surface area contributed by atoms with Crippen LogP contribution < -0.4 is 22.5 Å². The summed E-state index contributed by atoms with van der Waals surface area (Å²) in [6.07, 6.45) is 1.87. The van der Waals surface area contributed by atoms with Crippen molar-refractivity contribution in [1.82, 2.24) is 12.3 Å². The summed E-state index contributed by atoms with van der Waals surface area (Å²) in [6.45, 7) is 4.48. The van der Waals surface area contributed by atoms with Crippen LogP contribution in [0.1, 0.15) is 6.92 Å². The first-order chi connectivity index (χ1) is 6.40. The molecule has 0 rings (SSSR count). The molecule has 94 valence electrons. The largest absolute Gasteiger partial charge is 0.545 e. The van der Waals surface area contributed by atoms with Crippen molar-refractivity contribution in [3.63, 3.8) is 0 Å². The molecule has 0 saturated heterocycles. The molecule has 0 amide bonds. The van der Waals surface area contributed by atoms with Gasteiger partial charge in [-0.05, 0) is 12.2 Å². The van der Waals surface area contributed by atoms with Crippen LogP contribution >= 0.6 is 0 Å². The standard InChI is InChI=1S/C4H4O4.C4H6O2.2H3N/c5-3(6)1-2-4(7)8;1-3-6-4(2)5;;/h1-2H,(H,5,6)(H,7,8);3H,1H2,2H3;2*1H3. The number of quaternary nitrogens is 2. The molecule has 0 unspecified atom stereocenters. The highest BCUT2D eigenvalue weighted by Crippen LogP contribution is 1.70. The van der Waals surface area contributed by atoms with Crippen molar-refractivity contribution in [3.05, 3.63) is 25.0 Å².